The molecule has 1 aliphatic heterocycles. The number of rotatable bonds is 4. The van der Waals surface area contributed by atoms with Gasteiger partial charge in [0, 0.05) is 24.5 Å². The van der Waals surface area contributed by atoms with Gasteiger partial charge in [0.2, 0.25) is 23.1 Å². The van der Waals surface area contributed by atoms with E-state index in [0.717, 1.165) is 5.56 Å². The molecule has 8 heteroatoms. The van der Waals surface area contributed by atoms with Crippen molar-refractivity contribution in [1.29, 1.82) is 0 Å². The van der Waals surface area contributed by atoms with Gasteiger partial charge in [-0.25, -0.2) is 0 Å². The maximum absolute atomic E-state index is 13.2. The van der Waals surface area contributed by atoms with Gasteiger partial charge >= 0.3 is 5.97 Å². The highest BCUT2D eigenvalue weighted by molar-refractivity contribution is 6.26. The predicted molar refractivity (Wildman–Crippen MR) is 98.1 cm³/mol. The van der Waals surface area contributed by atoms with Gasteiger partial charge < -0.3 is 23.7 Å². The van der Waals surface area contributed by atoms with Gasteiger partial charge in [0.15, 0.2) is 5.79 Å². The van der Waals surface area contributed by atoms with Crippen LogP contribution in [0.1, 0.15) is 64.3 Å². The quantitative estimate of drug-likeness (QED) is 0.708. The molecule has 0 radical (unpaired) electrons. The SMILES string of the molecule is COC1=C(OC)C(=O)c2c(cc(COC(C)=O)c3c2CC2OC(C)(C)OC32)C1=O. The second-order valence-electron chi connectivity index (χ2n) is 7.65. The second-order valence-corrected chi connectivity index (χ2v) is 7.65. The molecule has 1 heterocycles. The molecule has 0 bridgehead atoms. The number of Topliss-reactive ketones (excluding diaryl/α,β-unsaturated/α-hetero) is 2. The molecule has 0 saturated carbocycles. The van der Waals surface area contributed by atoms with E-state index >= 15 is 0 Å². The number of carbonyl (C=O) groups excluding carboxylic acids is 3. The standard InChI is InChI=1S/C21H22O8/c1-9(22)27-8-10-6-12-15(17(24)20(26-5)19(25-4)16(12)23)11-7-13-18(14(10)11)29-21(2,3)28-13/h6,13,18H,7-8H2,1-5H3. The summed E-state index contributed by atoms with van der Waals surface area (Å²) in [6.07, 6.45) is -0.320. The van der Waals surface area contributed by atoms with Gasteiger partial charge in [0.05, 0.1) is 20.3 Å². The van der Waals surface area contributed by atoms with Gasteiger partial charge in [-0.1, -0.05) is 0 Å². The van der Waals surface area contributed by atoms with Crippen LogP contribution in [-0.4, -0.2) is 43.6 Å². The van der Waals surface area contributed by atoms with E-state index in [9.17, 15) is 14.4 Å². The minimum atomic E-state index is -0.776. The number of ketones is 2. The van der Waals surface area contributed by atoms with E-state index in [0.29, 0.717) is 17.5 Å². The third-order valence-electron chi connectivity index (χ3n) is 5.36. The van der Waals surface area contributed by atoms with Gasteiger partial charge in [-0.3, -0.25) is 14.4 Å². The second kappa shape index (κ2) is 6.67. The van der Waals surface area contributed by atoms with Crippen LogP contribution < -0.4 is 0 Å². The van der Waals surface area contributed by atoms with Crippen molar-refractivity contribution >= 4 is 17.5 Å². The van der Waals surface area contributed by atoms with Crippen molar-refractivity contribution in [3.63, 3.8) is 0 Å². The van der Waals surface area contributed by atoms with Crippen molar-refractivity contribution < 1.29 is 38.1 Å². The van der Waals surface area contributed by atoms with Crippen molar-refractivity contribution in [3.05, 3.63) is 45.4 Å². The molecular formula is C21H22O8. The Balaban J connectivity index is 1.91. The topological polar surface area (TPSA) is 97.4 Å². The van der Waals surface area contributed by atoms with E-state index in [1.165, 1.54) is 21.1 Å². The van der Waals surface area contributed by atoms with E-state index in [1.54, 1.807) is 6.07 Å². The number of esters is 1. The Morgan fingerprint density at radius 2 is 1.79 bits per heavy atom. The average Bonchev–Trinajstić information content (AvgIpc) is 3.13. The lowest BCUT2D eigenvalue weighted by molar-refractivity contribution is -0.149. The van der Waals surface area contributed by atoms with Crippen LogP contribution >= 0.6 is 0 Å². The first-order valence-corrected chi connectivity index (χ1v) is 9.27. The third-order valence-corrected chi connectivity index (χ3v) is 5.36. The van der Waals surface area contributed by atoms with E-state index in [2.05, 4.69) is 0 Å². The fraction of sp³-hybridized carbons (Fsp3) is 0.476. The summed E-state index contributed by atoms with van der Waals surface area (Å²) in [6.45, 7) is 4.91. The van der Waals surface area contributed by atoms with Gasteiger partial charge in [-0.2, -0.15) is 0 Å². The molecule has 154 valence electrons. The molecule has 2 atom stereocenters. The Morgan fingerprint density at radius 1 is 1.14 bits per heavy atom. The fourth-order valence-electron chi connectivity index (χ4n) is 4.36. The van der Waals surface area contributed by atoms with Crippen molar-refractivity contribution in [2.24, 2.45) is 0 Å². The van der Waals surface area contributed by atoms with Gasteiger partial charge in [0.25, 0.3) is 0 Å². The predicted octanol–water partition coefficient (Wildman–Crippen LogP) is 2.38. The summed E-state index contributed by atoms with van der Waals surface area (Å²) in [5, 5.41) is 0. The van der Waals surface area contributed by atoms with Crippen LogP contribution in [0.25, 0.3) is 0 Å². The molecule has 0 aromatic heterocycles. The monoisotopic (exact) mass is 402 g/mol. The molecule has 3 aliphatic rings. The van der Waals surface area contributed by atoms with Crippen molar-refractivity contribution in [3.8, 4) is 0 Å². The molecule has 1 aromatic carbocycles. The Bertz CT molecular complexity index is 971. The Hall–Kier alpha value is -2.71. The normalized spacial score (nSPS) is 24.2. The van der Waals surface area contributed by atoms with Crippen LogP contribution in [0.2, 0.25) is 0 Å². The van der Waals surface area contributed by atoms with E-state index < -0.39 is 29.4 Å². The summed E-state index contributed by atoms with van der Waals surface area (Å²) in [6, 6.07) is 1.58. The molecule has 2 unspecified atom stereocenters. The lowest BCUT2D eigenvalue weighted by atomic mass is 9.84. The van der Waals surface area contributed by atoms with Crippen LogP contribution in [0.3, 0.4) is 0 Å². The summed E-state index contributed by atoms with van der Waals surface area (Å²) >= 11 is 0. The number of allylic oxidation sites excluding steroid dienone is 2. The molecule has 0 spiro atoms. The zero-order valence-corrected chi connectivity index (χ0v) is 16.9. The number of carbonyl (C=O) groups is 3. The Morgan fingerprint density at radius 3 is 2.41 bits per heavy atom. The number of methoxy groups -OCH3 is 2. The highest BCUT2D eigenvalue weighted by Gasteiger charge is 2.50. The molecule has 4 rings (SSSR count). The summed E-state index contributed by atoms with van der Waals surface area (Å²) < 4.78 is 27.6. The number of hydrogen-bond donors (Lipinski definition) is 0. The van der Waals surface area contributed by atoms with Crippen molar-refractivity contribution in [1.82, 2.24) is 0 Å². The Labute approximate surface area is 167 Å². The highest BCUT2D eigenvalue weighted by Crippen LogP contribution is 2.50. The number of benzene rings is 1. The lowest BCUT2D eigenvalue weighted by Crippen LogP contribution is -2.27. The van der Waals surface area contributed by atoms with Crippen LogP contribution in [-0.2, 0) is 41.5 Å². The largest absolute Gasteiger partial charge is 0.489 e. The first kappa shape index (κ1) is 19.6. The molecule has 0 N–H and O–H groups in total. The van der Waals surface area contributed by atoms with Crippen LogP contribution in [0, 0.1) is 0 Å². The van der Waals surface area contributed by atoms with Crippen LogP contribution in [0.15, 0.2) is 17.6 Å². The highest BCUT2D eigenvalue weighted by atomic mass is 16.8. The van der Waals surface area contributed by atoms with Gasteiger partial charge in [-0.05, 0) is 36.6 Å². The Kier molecular flexibility index (Phi) is 4.51. The van der Waals surface area contributed by atoms with E-state index in [4.69, 9.17) is 23.7 Å². The number of fused-ring (bicyclic) bond motifs is 5. The molecule has 2 aliphatic carbocycles. The third kappa shape index (κ3) is 2.94. The minimum absolute atomic E-state index is 0.0391. The summed E-state index contributed by atoms with van der Waals surface area (Å²) in [4.78, 5) is 37.6. The number of hydrogen-bond acceptors (Lipinski definition) is 8. The maximum atomic E-state index is 13.2. The fourth-order valence-corrected chi connectivity index (χ4v) is 4.36. The molecule has 8 nitrogen and oxygen atoms in total. The lowest BCUT2D eigenvalue weighted by Gasteiger charge is -2.25. The summed E-state index contributed by atoms with van der Waals surface area (Å²) in [5.41, 5.74) is 2.48. The molecular weight excluding hydrogens is 380 g/mol. The van der Waals surface area contributed by atoms with Crippen LogP contribution in [0.4, 0.5) is 0 Å². The minimum Gasteiger partial charge on any atom is -0.489 e. The molecule has 29 heavy (non-hydrogen) atoms. The smallest absolute Gasteiger partial charge is 0.302 e. The van der Waals surface area contributed by atoms with Crippen molar-refractivity contribution in [2.45, 2.75) is 51.8 Å². The molecule has 1 fully saturated rings. The average molecular weight is 402 g/mol. The zero-order valence-electron chi connectivity index (χ0n) is 16.9. The van der Waals surface area contributed by atoms with Gasteiger partial charge in [0.1, 0.15) is 12.7 Å². The first-order chi connectivity index (χ1) is 13.7. The van der Waals surface area contributed by atoms with Crippen LogP contribution in [0.5, 0.6) is 0 Å². The first-order valence-electron chi connectivity index (χ1n) is 9.27. The molecule has 1 saturated heterocycles. The van der Waals surface area contributed by atoms with Crippen molar-refractivity contribution in [2.75, 3.05) is 14.2 Å². The number of ether oxygens (including phenoxy) is 5. The maximum Gasteiger partial charge on any atom is 0.302 e. The van der Waals surface area contributed by atoms with E-state index in [-0.39, 0.29) is 35.4 Å². The van der Waals surface area contributed by atoms with E-state index in [1.807, 2.05) is 13.8 Å². The summed E-state index contributed by atoms with van der Waals surface area (Å²) in [7, 11) is 2.63. The molecule has 1 aromatic rings. The van der Waals surface area contributed by atoms with Gasteiger partial charge in [-0.15, -0.1) is 0 Å². The molecule has 0 amide bonds. The zero-order chi connectivity index (χ0) is 21.1. The summed E-state index contributed by atoms with van der Waals surface area (Å²) in [5.74, 6) is -2.37.